The van der Waals surface area contributed by atoms with Gasteiger partial charge in [-0.1, -0.05) is 16.9 Å². The fraction of sp³-hybridized carbons (Fsp3) is 0.333. The molecule has 2 aromatic heterocycles. The number of thiazole rings is 1. The van der Waals surface area contributed by atoms with Gasteiger partial charge >= 0.3 is 54.8 Å². The Hall–Kier alpha value is -2.38. The van der Waals surface area contributed by atoms with Crippen LogP contribution in [0.1, 0.15) is 8.55 Å². The van der Waals surface area contributed by atoms with E-state index >= 15 is 0 Å². The van der Waals surface area contributed by atoms with Gasteiger partial charge in [-0.2, -0.15) is 4.98 Å². The number of aromatic nitrogens is 4. The molecular weight excluding hydrogens is 577 g/mol. The number of fused-ring (bicyclic) bond motifs is 1. The Morgan fingerprint density at radius 3 is 2.76 bits per heavy atom. The molecule has 2 aliphatic rings. The molecule has 15 nitrogen and oxygen atoms in total. The predicted molar refractivity (Wildman–Crippen MR) is 139 cm³/mol. The number of nitrogens with zero attached hydrogens (tertiary/aromatic N) is 5. The molecule has 19 heteroatoms. The number of oxime groups is 1. The molecule has 5 N–H and O–H groups in total. The first kappa shape index (κ1) is 29.2. The van der Waals surface area contributed by atoms with E-state index in [-0.39, 0.29) is 79.5 Å². The van der Waals surface area contributed by atoms with Crippen molar-refractivity contribution in [2.45, 2.75) is 16.6 Å². The van der Waals surface area contributed by atoms with E-state index in [1.165, 1.54) is 36.0 Å². The summed E-state index contributed by atoms with van der Waals surface area (Å²) in [4.78, 5) is 74.3. The minimum atomic E-state index is -1.31. The van der Waals surface area contributed by atoms with E-state index in [2.05, 4.69) is 25.5 Å². The first-order valence-electron chi connectivity index (χ1n) is 9.96. The number of aliphatic carboxylic acids is 1. The summed E-state index contributed by atoms with van der Waals surface area (Å²) in [5, 5.41) is 19.6. The van der Waals surface area contributed by atoms with Crippen LogP contribution in [-0.2, 0) is 26.3 Å². The Morgan fingerprint density at radius 1 is 1.41 bits per heavy atom. The third kappa shape index (κ3) is 5.88. The SMILES string of the molecule is CO/N=C(\C(=O)N[C@@H]1C(=O)N2C(C(=O)O)=C(CSc3nc(=O)c(=O)[nH]n3C)CS[C@H]12)c1csc(N)n1.[Ca+2].[H-].[H-]. The number of thioether (sulfide) groups is 2. The molecule has 4 heterocycles. The molecule has 1 fully saturated rings. The van der Waals surface area contributed by atoms with Crippen LogP contribution in [0.25, 0.3) is 0 Å². The number of carbonyl (C=O) groups excluding carboxylic acids is 2. The van der Waals surface area contributed by atoms with Crippen LogP contribution in [-0.4, -0.2) is 121 Å². The standard InChI is InChI=1S/C18H18N8O7S3.Ca.2H/c1-25-18(22-12(28)13(29)23-25)36-4-6-3-34-15-9(14(30)26(15)10(6)16(31)32)21-11(27)8(24-33-2)7-5-35-17(19)20-7;;;/h5,9,15H,3-4H2,1-2H3,(H2,19,20)(H,21,27)(H,23,29)(H,31,32);;;/q;+2;2*-1/b24-8-;;;/t9-,15-;;;/m1.../s1. The van der Waals surface area contributed by atoms with Crippen molar-refractivity contribution >= 4 is 101 Å². The van der Waals surface area contributed by atoms with Crippen LogP contribution in [0.4, 0.5) is 5.13 Å². The van der Waals surface area contributed by atoms with E-state index < -0.39 is 40.3 Å². The number of carboxylic acids is 1. The van der Waals surface area contributed by atoms with E-state index in [1.807, 2.05) is 0 Å². The van der Waals surface area contributed by atoms with E-state index in [0.717, 1.165) is 28.0 Å². The number of β-lactam (4-membered cyclic amide) rings is 1. The Kier molecular flexibility index (Phi) is 9.46. The summed E-state index contributed by atoms with van der Waals surface area (Å²) < 4.78 is 1.25. The maximum absolute atomic E-state index is 12.9. The molecule has 37 heavy (non-hydrogen) atoms. The van der Waals surface area contributed by atoms with Crippen molar-refractivity contribution in [3.8, 4) is 0 Å². The summed E-state index contributed by atoms with van der Waals surface area (Å²) in [5.74, 6) is -2.30. The average molecular weight is 597 g/mol. The number of aromatic amines is 1. The third-order valence-corrected chi connectivity index (χ3v) is 8.15. The molecule has 0 radical (unpaired) electrons. The van der Waals surface area contributed by atoms with Gasteiger partial charge in [-0.3, -0.25) is 33.9 Å². The second-order valence-corrected chi connectivity index (χ2v) is 10.2. The molecule has 0 aliphatic carbocycles. The van der Waals surface area contributed by atoms with Gasteiger partial charge in [0.25, 0.3) is 11.8 Å². The number of nitrogens with one attached hydrogen (secondary N) is 2. The molecule has 0 aromatic carbocycles. The molecule has 2 aromatic rings. The molecule has 1 saturated heterocycles. The van der Waals surface area contributed by atoms with Crippen molar-refractivity contribution in [3.63, 3.8) is 0 Å². The number of hydrogen-bond acceptors (Lipinski definition) is 13. The minimum absolute atomic E-state index is 0. The molecule has 4 rings (SSSR count). The summed E-state index contributed by atoms with van der Waals surface area (Å²) in [5.41, 5.74) is 4.00. The van der Waals surface area contributed by atoms with Gasteiger partial charge in [0.2, 0.25) is 0 Å². The number of nitrogens with two attached hydrogens (primary N) is 1. The largest absolute Gasteiger partial charge is 2.00 e. The van der Waals surface area contributed by atoms with E-state index in [9.17, 15) is 29.1 Å². The van der Waals surface area contributed by atoms with Gasteiger partial charge in [-0.15, -0.1) is 23.1 Å². The summed E-state index contributed by atoms with van der Waals surface area (Å²) in [6.07, 6.45) is 0. The van der Waals surface area contributed by atoms with Gasteiger partial charge in [0.05, 0.1) is 0 Å². The van der Waals surface area contributed by atoms with Gasteiger partial charge in [0.15, 0.2) is 16.0 Å². The van der Waals surface area contributed by atoms with Gasteiger partial charge in [-0.25, -0.2) is 9.78 Å². The quantitative estimate of drug-likeness (QED) is 0.0665. The van der Waals surface area contributed by atoms with Crippen molar-refractivity contribution < 1.29 is 27.2 Å². The molecule has 0 bridgehead atoms. The van der Waals surface area contributed by atoms with Gasteiger partial charge < -0.3 is 23.8 Å². The fourth-order valence-corrected chi connectivity index (χ4v) is 6.39. The summed E-state index contributed by atoms with van der Waals surface area (Å²) >= 11 is 3.41. The number of amides is 2. The number of carbonyl (C=O) groups is 3. The van der Waals surface area contributed by atoms with Crippen LogP contribution >= 0.6 is 34.9 Å². The summed E-state index contributed by atoms with van der Waals surface area (Å²) in [6.45, 7) is 0. The van der Waals surface area contributed by atoms with Crippen LogP contribution < -0.4 is 22.2 Å². The maximum atomic E-state index is 12.9. The number of nitrogen functional groups attached to an aromatic ring is 1. The Balaban J connectivity index is 0.00000253. The van der Waals surface area contributed by atoms with E-state index in [4.69, 9.17) is 10.6 Å². The molecule has 194 valence electrons. The zero-order valence-electron chi connectivity index (χ0n) is 21.3. The van der Waals surface area contributed by atoms with Gasteiger partial charge in [0, 0.05) is 23.9 Å². The normalized spacial score (nSPS) is 19.0. The number of hydrogen-bond donors (Lipinski definition) is 4. The molecule has 0 saturated carbocycles. The van der Waals surface area contributed by atoms with Crippen molar-refractivity contribution in [2.24, 2.45) is 12.2 Å². The van der Waals surface area contributed by atoms with Crippen LogP contribution in [0.3, 0.4) is 0 Å². The van der Waals surface area contributed by atoms with Crippen molar-refractivity contribution in [1.29, 1.82) is 0 Å². The Bertz CT molecular complexity index is 1450. The van der Waals surface area contributed by atoms with Crippen LogP contribution in [0.5, 0.6) is 0 Å². The number of carboxylic acid groups (broad SMARTS) is 1. The molecule has 2 atom stereocenters. The molecule has 2 amide bonds. The number of anilines is 1. The smallest absolute Gasteiger partial charge is 1.00 e. The van der Waals surface area contributed by atoms with Gasteiger partial charge in [0.1, 0.15) is 29.9 Å². The van der Waals surface area contributed by atoms with E-state index in [1.54, 1.807) is 0 Å². The van der Waals surface area contributed by atoms with Crippen LogP contribution in [0.15, 0.2) is 36.6 Å². The molecular formula is C18H20CaN8O7S3. The Morgan fingerprint density at radius 2 is 2.14 bits per heavy atom. The fourth-order valence-electron chi connectivity index (χ4n) is 3.44. The van der Waals surface area contributed by atoms with Crippen molar-refractivity contribution in [2.75, 3.05) is 24.3 Å². The van der Waals surface area contributed by atoms with Crippen molar-refractivity contribution in [1.82, 2.24) is 30.0 Å². The minimum Gasteiger partial charge on any atom is -1.00 e. The second-order valence-electron chi connectivity index (χ2n) is 7.30. The van der Waals surface area contributed by atoms with Crippen LogP contribution in [0, 0.1) is 0 Å². The monoisotopic (exact) mass is 596 g/mol. The summed E-state index contributed by atoms with van der Waals surface area (Å²) in [7, 11) is 2.74. The average Bonchev–Trinajstić information content (AvgIpc) is 3.27. The zero-order valence-corrected chi connectivity index (χ0v) is 23.9. The molecule has 0 spiro atoms. The number of aryl methyl sites for hydroxylation is 1. The second kappa shape index (κ2) is 12.0. The third-order valence-electron chi connectivity index (χ3n) is 5.02. The van der Waals surface area contributed by atoms with E-state index in [0.29, 0.717) is 5.57 Å². The Labute approximate surface area is 252 Å². The summed E-state index contributed by atoms with van der Waals surface area (Å²) in [6, 6.07) is -0.995. The topological polar surface area (TPSA) is 215 Å². The first-order chi connectivity index (χ1) is 17.1. The zero-order chi connectivity index (χ0) is 26.1. The molecule has 2 aliphatic heterocycles. The van der Waals surface area contributed by atoms with Crippen LogP contribution in [0.2, 0.25) is 0 Å². The van der Waals surface area contributed by atoms with Crippen molar-refractivity contribution in [3.05, 3.63) is 43.1 Å². The number of H-pyrrole nitrogens is 1. The van der Waals surface area contributed by atoms with Gasteiger partial charge in [-0.05, 0) is 5.57 Å². The maximum Gasteiger partial charge on any atom is 2.00 e. The number of rotatable bonds is 8. The molecule has 0 unspecified atom stereocenters. The first-order valence-corrected chi connectivity index (χ1v) is 12.9. The predicted octanol–water partition coefficient (Wildman–Crippen LogP) is -1.77.